The number of non-ortho nitro benzene ring substituents is 1. The molecule has 1 aromatic carbocycles. The van der Waals surface area contributed by atoms with E-state index in [1.807, 2.05) is 0 Å². The van der Waals surface area contributed by atoms with E-state index < -0.39 is 10.9 Å². The Hall–Kier alpha value is -2.55. The summed E-state index contributed by atoms with van der Waals surface area (Å²) < 4.78 is 9.66. The summed E-state index contributed by atoms with van der Waals surface area (Å²) in [5, 5.41) is 10.7. The number of ether oxygens (including phenoxy) is 2. The van der Waals surface area contributed by atoms with Crippen molar-refractivity contribution in [2.75, 3.05) is 13.7 Å². The Bertz CT molecular complexity index is 542. The fourth-order valence-electron chi connectivity index (χ4n) is 1.31. The van der Waals surface area contributed by atoms with Crippen molar-refractivity contribution >= 4 is 11.7 Å². The number of rotatable bonds is 4. The Kier molecular flexibility index (Phi) is 5.35. The van der Waals surface area contributed by atoms with Crippen molar-refractivity contribution in [1.82, 2.24) is 0 Å². The minimum Gasteiger partial charge on any atom is -0.496 e. The average Bonchev–Trinajstić information content (AvgIpc) is 2.38. The normalized spacial score (nSPS) is 9.16. The number of nitro groups is 1. The van der Waals surface area contributed by atoms with Gasteiger partial charge in [0.25, 0.3) is 5.69 Å². The van der Waals surface area contributed by atoms with E-state index in [0.717, 1.165) is 0 Å². The van der Waals surface area contributed by atoms with Crippen molar-refractivity contribution < 1.29 is 19.2 Å². The van der Waals surface area contributed by atoms with E-state index >= 15 is 0 Å². The van der Waals surface area contributed by atoms with Gasteiger partial charge in [-0.05, 0) is 13.0 Å². The zero-order valence-corrected chi connectivity index (χ0v) is 10.6. The van der Waals surface area contributed by atoms with E-state index in [0.29, 0.717) is 17.9 Å². The topological polar surface area (TPSA) is 78.7 Å². The molecule has 0 aliphatic carbocycles. The molecule has 0 unspecified atom stereocenters. The summed E-state index contributed by atoms with van der Waals surface area (Å²) in [6.07, 6.45) is -0.0567. The molecule has 0 aliphatic heterocycles. The molecule has 0 aliphatic rings. The number of methoxy groups -OCH3 is 1. The van der Waals surface area contributed by atoms with Gasteiger partial charge in [-0.2, -0.15) is 0 Å². The van der Waals surface area contributed by atoms with Crippen LogP contribution in [0.5, 0.6) is 5.75 Å². The van der Waals surface area contributed by atoms with Crippen LogP contribution in [0.4, 0.5) is 5.69 Å². The van der Waals surface area contributed by atoms with E-state index in [9.17, 15) is 14.9 Å². The van der Waals surface area contributed by atoms with Gasteiger partial charge in [0.05, 0.1) is 24.7 Å². The maximum atomic E-state index is 11.1. The maximum absolute atomic E-state index is 11.1. The van der Waals surface area contributed by atoms with Crippen LogP contribution in [0.1, 0.15) is 18.9 Å². The molecule has 0 N–H and O–H groups in total. The molecule has 0 heterocycles. The van der Waals surface area contributed by atoms with Crippen LogP contribution in [0.2, 0.25) is 0 Å². The smallest absolute Gasteiger partial charge is 0.317 e. The van der Waals surface area contributed by atoms with Gasteiger partial charge < -0.3 is 9.47 Å². The first-order valence-corrected chi connectivity index (χ1v) is 5.54. The number of carbonyl (C=O) groups excluding carboxylic acids is 1. The van der Waals surface area contributed by atoms with Crippen molar-refractivity contribution in [2.24, 2.45) is 0 Å². The van der Waals surface area contributed by atoms with Crippen LogP contribution in [0, 0.1) is 22.0 Å². The molecule has 0 bridgehead atoms. The highest BCUT2D eigenvalue weighted by Gasteiger charge is 2.09. The molecule has 0 amide bonds. The third-order valence-corrected chi connectivity index (χ3v) is 2.11. The van der Waals surface area contributed by atoms with Crippen molar-refractivity contribution in [1.29, 1.82) is 0 Å². The predicted molar refractivity (Wildman–Crippen MR) is 67.8 cm³/mol. The Balaban J connectivity index is 2.89. The number of nitrogens with zero attached hydrogens (tertiary/aromatic N) is 1. The number of hydrogen-bond donors (Lipinski definition) is 0. The minimum atomic E-state index is -0.529. The van der Waals surface area contributed by atoms with Crippen molar-refractivity contribution in [2.45, 2.75) is 13.3 Å². The second kappa shape index (κ2) is 7.01. The molecule has 0 atom stereocenters. The van der Waals surface area contributed by atoms with Crippen LogP contribution in [0.15, 0.2) is 18.2 Å². The van der Waals surface area contributed by atoms with Gasteiger partial charge in [-0.25, -0.2) is 0 Å². The summed E-state index contributed by atoms with van der Waals surface area (Å²) in [6.45, 7) is 2.00. The molecule has 0 radical (unpaired) electrons. The predicted octanol–water partition coefficient (Wildman–Crippen LogP) is 1.91. The first-order valence-electron chi connectivity index (χ1n) is 5.54. The van der Waals surface area contributed by atoms with Crippen molar-refractivity contribution in [3.63, 3.8) is 0 Å². The third-order valence-electron chi connectivity index (χ3n) is 2.11. The molecule has 0 saturated heterocycles. The molecule has 100 valence electrons. The van der Waals surface area contributed by atoms with Gasteiger partial charge in [0.2, 0.25) is 0 Å². The SMILES string of the molecule is CCOC(=O)CC#Cc1cc(OC)cc([N+](=O)[O-])c1. The summed E-state index contributed by atoms with van der Waals surface area (Å²) in [5.41, 5.74) is 0.301. The van der Waals surface area contributed by atoms with Gasteiger partial charge in [0, 0.05) is 11.6 Å². The van der Waals surface area contributed by atoms with Gasteiger partial charge in [-0.15, -0.1) is 0 Å². The monoisotopic (exact) mass is 263 g/mol. The van der Waals surface area contributed by atoms with Crippen LogP contribution in [0.25, 0.3) is 0 Å². The molecular formula is C13H13NO5. The van der Waals surface area contributed by atoms with Gasteiger partial charge >= 0.3 is 5.97 Å². The van der Waals surface area contributed by atoms with Crippen LogP contribution >= 0.6 is 0 Å². The Morgan fingerprint density at radius 3 is 2.74 bits per heavy atom. The number of nitro benzene ring substituents is 1. The zero-order valence-electron chi connectivity index (χ0n) is 10.6. The summed E-state index contributed by atoms with van der Waals surface area (Å²) in [7, 11) is 1.41. The number of hydrogen-bond acceptors (Lipinski definition) is 5. The molecule has 1 aromatic rings. The molecule has 19 heavy (non-hydrogen) atoms. The van der Waals surface area contributed by atoms with Gasteiger partial charge in [-0.3, -0.25) is 14.9 Å². The van der Waals surface area contributed by atoms with E-state index in [1.165, 1.54) is 19.2 Å². The van der Waals surface area contributed by atoms with E-state index in [-0.39, 0.29) is 12.1 Å². The highest BCUT2D eigenvalue weighted by Crippen LogP contribution is 2.21. The summed E-state index contributed by atoms with van der Waals surface area (Å²) >= 11 is 0. The summed E-state index contributed by atoms with van der Waals surface area (Å²) in [4.78, 5) is 21.3. The number of benzene rings is 1. The maximum Gasteiger partial charge on any atom is 0.317 e. The largest absolute Gasteiger partial charge is 0.496 e. The van der Waals surface area contributed by atoms with E-state index in [4.69, 9.17) is 9.47 Å². The second-order valence-electron chi connectivity index (χ2n) is 3.46. The van der Waals surface area contributed by atoms with Crippen LogP contribution in [-0.2, 0) is 9.53 Å². The number of carbonyl (C=O) groups is 1. The first-order chi connectivity index (χ1) is 9.06. The Morgan fingerprint density at radius 1 is 1.42 bits per heavy atom. The van der Waals surface area contributed by atoms with Crippen LogP contribution in [0.3, 0.4) is 0 Å². The van der Waals surface area contributed by atoms with Gasteiger partial charge in [0.15, 0.2) is 0 Å². The standard InChI is InChI=1S/C13H13NO5/c1-3-19-13(15)6-4-5-10-7-11(14(16)17)9-12(8-10)18-2/h7-9H,3,6H2,1-2H3. The number of esters is 1. The van der Waals surface area contributed by atoms with Crippen LogP contribution in [-0.4, -0.2) is 24.6 Å². The van der Waals surface area contributed by atoms with Gasteiger partial charge in [-0.1, -0.05) is 11.8 Å². The second-order valence-corrected chi connectivity index (χ2v) is 3.46. The minimum absolute atomic E-state index is 0.0567. The van der Waals surface area contributed by atoms with Crippen molar-refractivity contribution in [3.8, 4) is 17.6 Å². The lowest BCUT2D eigenvalue weighted by molar-refractivity contribution is -0.384. The lowest BCUT2D eigenvalue weighted by Gasteiger charge is -2.00. The molecule has 0 fully saturated rings. The molecule has 0 aromatic heterocycles. The highest BCUT2D eigenvalue weighted by molar-refractivity contribution is 5.72. The molecule has 1 rings (SSSR count). The molecule has 6 nitrogen and oxygen atoms in total. The Morgan fingerprint density at radius 2 is 2.16 bits per heavy atom. The molecule has 0 spiro atoms. The first kappa shape index (κ1) is 14.5. The summed E-state index contributed by atoms with van der Waals surface area (Å²) in [5.74, 6) is 5.19. The van der Waals surface area contributed by atoms with E-state index in [1.54, 1.807) is 13.0 Å². The summed E-state index contributed by atoms with van der Waals surface area (Å²) in [6, 6.07) is 4.18. The highest BCUT2D eigenvalue weighted by atomic mass is 16.6. The Labute approximate surface area is 110 Å². The lowest BCUT2D eigenvalue weighted by atomic mass is 10.2. The molecule has 6 heteroatoms. The van der Waals surface area contributed by atoms with Gasteiger partial charge in [0.1, 0.15) is 12.2 Å². The zero-order chi connectivity index (χ0) is 14.3. The van der Waals surface area contributed by atoms with Crippen LogP contribution < -0.4 is 4.74 Å². The fourth-order valence-corrected chi connectivity index (χ4v) is 1.31. The fraction of sp³-hybridized carbons (Fsp3) is 0.308. The van der Waals surface area contributed by atoms with Crippen molar-refractivity contribution in [3.05, 3.63) is 33.9 Å². The van der Waals surface area contributed by atoms with E-state index in [2.05, 4.69) is 11.8 Å². The molecular weight excluding hydrogens is 250 g/mol. The molecule has 0 saturated carbocycles. The quantitative estimate of drug-likeness (QED) is 0.359. The lowest BCUT2D eigenvalue weighted by Crippen LogP contribution is -2.01. The average molecular weight is 263 g/mol. The third kappa shape index (κ3) is 4.68.